The predicted molar refractivity (Wildman–Crippen MR) is 87.6 cm³/mol. The second-order valence-corrected chi connectivity index (χ2v) is 5.38. The molecule has 6 heteroatoms. The van der Waals surface area contributed by atoms with Crippen LogP contribution < -0.4 is 10.9 Å². The number of amides is 1. The van der Waals surface area contributed by atoms with E-state index in [9.17, 15) is 19.1 Å². The van der Waals surface area contributed by atoms with Gasteiger partial charge in [0.05, 0.1) is 17.7 Å². The number of hydrogen-bond acceptors (Lipinski definition) is 4. The van der Waals surface area contributed by atoms with Gasteiger partial charge >= 0.3 is 5.63 Å². The van der Waals surface area contributed by atoms with E-state index < -0.39 is 17.3 Å². The molecular formula is C18H14FNO4. The van der Waals surface area contributed by atoms with Crippen molar-refractivity contribution in [1.82, 2.24) is 0 Å². The Hall–Kier alpha value is -3.15. The molecule has 0 aliphatic heterocycles. The molecule has 5 nitrogen and oxygen atoms in total. The summed E-state index contributed by atoms with van der Waals surface area (Å²) in [6, 6.07) is 10.2. The number of phenolic OH excluding ortho intramolecular Hbond substituents is 1. The maximum absolute atomic E-state index is 13.6. The van der Waals surface area contributed by atoms with Gasteiger partial charge in [-0.2, -0.15) is 0 Å². The van der Waals surface area contributed by atoms with Crippen LogP contribution in [0.15, 0.2) is 51.7 Å². The summed E-state index contributed by atoms with van der Waals surface area (Å²) in [5, 5.41) is 12.5. The quantitative estimate of drug-likeness (QED) is 0.724. The van der Waals surface area contributed by atoms with Crippen molar-refractivity contribution in [3.05, 3.63) is 69.8 Å². The van der Waals surface area contributed by atoms with Gasteiger partial charge in [-0.05, 0) is 36.8 Å². The molecule has 122 valence electrons. The molecule has 0 spiro atoms. The lowest BCUT2D eigenvalue weighted by Crippen LogP contribution is -2.21. The Kier molecular flexibility index (Phi) is 4.04. The average molecular weight is 327 g/mol. The molecule has 2 aromatic carbocycles. The zero-order valence-corrected chi connectivity index (χ0v) is 12.8. The first-order valence-electron chi connectivity index (χ1n) is 7.25. The molecule has 0 unspecified atom stereocenters. The number of para-hydroxylation sites is 1. The van der Waals surface area contributed by atoms with Gasteiger partial charge in [0.1, 0.15) is 17.1 Å². The van der Waals surface area contributed by atoms with Crippen molar-refractivity contribution in [3.63, 3.8) is 0 Å². The van der Waals surface area contributed by atoms with Crippen molar-refractivity contribution >= 4 is 22.6 Å². The number of carbonyl (C=O) groups excluding carboxylic acids is 1. The van der Waals surface area contributed by atoms with Crippen molar-refractivity contribution < 1.29 is 18.7 Å². The molecule has 0 radical (unpaired) electrons. The number of fused-ring (bicyclic) bond motifs is 1. The molecule has 2 N–H and O–H groups in total. The maximum atomic E-state index is 13.6. The summed E-state index contributed by atoms with van der Waals surface area (Å²) in [6.45, 7) is 1.70. The SMILES string of the molecule is Cc1c(CC(=O)Nc2ccccc2F)c(=O)oc2cc(O)ccc12. The minimum Gasteiger partial charge on any atom is -0.508 e. The van der Waals surface area contributed by atoms with E-state index in [0.717, 1.165) is 0 Å². The highest BCUT2D eigenvalue weighted by atomic mass is 19.1. The third-order valence-corrected chi connectivity index (χ3v) is 3.76. The van der Waals surface area contributed by atoms with Crippen molar-refractivity contribution in [2.45, 2.75) is 13.3 Å². The van der Waals surface area contributed by atoms with Crippen LogP contribution in [0.2, 0.25) is 0 Å². The van der Waals surface area contributed by atoms with E-state index in [2.05, 4.69) is 5.32 Å². The van der Waals surface area contributed by atoms with Crippen LogP contribution in [0.25, 0.3) is 11.0 Å². The lowest BCUT2D eigenvalue weighted by molar-refractivity contribution is -0.115. The number of benzene rings is 2. The highest BCUT2D eigenvalue weighted by Gasteiger charge is 2.16. The summed E-state index contributed by atoms with van der Waals surface area (Å²) in [5.41, 5.74) is 0.423. The Bertz CT molecular complexity index is 994. The van der Waals surface area contributed by atoms with Gasteiger partial charge in [0.2, 0.25) is 5.91 Å². The fourth-order valence-electron chi connectivity index (χ4n) is 2.50. The highest BCUT2D eigenvalue weighted by molar-refractivity contribution is 5.93. The Labute approximate surface area is 136 Å². The normalized spacial score (nSPS) is 10.8. The van der Waals surface area contributed by atoms with E-state index in [1.54, 1.807) is 19.1 Å². The number of phenols is 1. The first kappa shape index (κ1) is 15.7. The van der Waals surface area contributed by atoms with E-state index in [1.165, 1.54) is 30.3 Å². The highest BCUT2D eigenvalue weighted by Crippen LogP contribution is 2.23. The Morgan fingerprint density at radius 1 is 1.25 bits per heavy atom. The van der Waals surface area contributed by atoms with Gasteiger partial charge in [0.15, 0.2) is 0 Å². The van der Waals surface area contributed by atoms with Gasteiger partial charge in [-0.25, -0.2) is 9.18 Å². The topological polar surface area (TPSA) is 79.5 Å². The Morgan fingerprint density at radius 3 is 2.75 bits per heavy atom. The minimum atomic E-state index is -0.658. The molecule has 1 aromatic heterocycles. The van der Waals surface area contributed by atoms with Crippen LogP contribution in [0.3, 0.4) is 0 Å². The summed E-state index contributed by atoms with van der Waals surface area (Å²) in [4.78, 5) is 24.2. The number of aromatic hydroxyl groups is 1. The third-order valence-electron chi connectivity index (χ3n) is 3.76. The lowest BCUT2D eigenvalue weighted by atomic mass is 10.0. The van der Waals surface area contributed by atoms with Crippen LogP contribution in [-0.4, -0.2) is 11.0 Å². The second kappa shape index (κ2) is 6.16. The largest absolute Gasteiger partial charge is 0.508 e. The number of carbonyl (C=O) groups is 1. The van der Waals surface area contributed by atoms with E-state index in [-0.39, 0.29) is 29.0 Å². The monoisotopic (exact) mass is 327 g/mol. The standard InChI is InChI=1S/C18H14FNO4/c1-10-12-7-6-11(21)8-16(12)24-18(23)13(10)9-17(22)20-15-5-3-2-4-14(15)19/h2-8,21H,9H2,1H3,(H,20,22). The Morgan fingerprint density at radius 2 is 2.00 bits per heavy atom. The number of nitrogens with one attached hydrogen (secondary N) is 1. The molecule has 0 saturated heterocycles. The van der Waals surface area contributed by atoms with Crippen LogP contribution in [0, 0.1) is 12.7 Å². The molecule has 0 fully saturated rings. The van der Waals surface area contributed by atoms with Crippen molar-refractivity contribution in [3.8, 4) is 5.75 Å². The van der Waals surface area contributed by atoms with Crippen molar-refractivity contribution in [2.75, 3.05) is 5.32 Å². The molecule has 0 aliphatic carbocycles. The maximum Gasteiger partial charge on any atom is 0.340 e. The van der Waals surface area contributed by atoms with Gasteiger partial charge in [-0.3, -0.25) is 4.79 Å². The summed E-state index contributed by atoms with van der Waals surface area (Å²) in [5.74, 6) is -1.09. The number of halogens is 1. The lowest BCUT2D eigenvalue weighted by Gasteiger charge is -2.09. The van der Waals surface area contributed by atoms with Crippen LogP contribution in [0.1, 0.15) is 11.1 Å². The number of hydrogen-bond donors (Lipinski definition) is 2. The molecule has 3 rings (SSSR count). The van der Waals surface area contributed by atoms with Crippen molar-refractivity contribution in [2.24, 2.45) is 0 Å². The number of aryl methyl sites for hydroxylation is 1. The van der Waals surface area contributed by atoms with Gasteiger partial charge < -0.3 is 14.8 Å². The van der Waals surface area contributed by atoms with Gasteiger partial charge in [0, 0.05) is 11.5 Å². The van der Waals surface area contributed by atoms with Gasteiger partial charge in [-0.1, -0.05) is 12.1 Å². The van der Waals surface area contributed by atoms with E-state index >= 15 is 0 Å². The van der Waals surface area contributed by atoms with Crippen LogP contribution in [-0.2, 0) is 11.2 Å². The average Bonchev–Trinajstić information content (AvgIpc) is 2.53. The summed E-state index contributed by atoms with van der Waals surface area (Å²) < 4.78 is 18.7. The first-order chi connectivity index (χ1) is 11.5. The fourth-order valence-corrected chi connectivity index (χ4v) is 2.50. The molecule has 1 heterocycles. The Balaban J connectivity index is 1.92. The van der Waals surface area contributed by atoms with E-state index in [0.29, 0.717) is 10.9 Å². The van der Waals surface area contributed by atoms with E-state index in [4.69, 9.17) is 4.42 Å². The molecule has 3 aromatic rings. The van der Waals surface area contributed by atoms with Crippen LogP contribution >= 0.6 is 0 Å². The molecule has 0 saturated carbocycles. The van der Waals surface area contributed by atoms with Crippen LogP contribution in [0.5, 0.6) is 5.75 Å². The third kappa shape index (κ3) is 2.99. The summed E-state index contributed by atoms with van der Waals surface area (Å²) in [6.07, 6.45) is -0.237. The molecular weight excluding hydrogens is 313 g/mol. The zero-order valence-electron chi connectivity index (χ0n) is 12.8. The van der Waals surface area contributed by atoms with Crippen molar-refractivity contribution in [1.29, 1.82) is 0 Å². The van der Waals surface area contributed by atoms with Gasteiger partial charge in [-0.15, -0.1) is 0 Å². The van der Waals surface area contributed by atoms with Gasteiger partial charge in [0.25, 0.3) is 0 Å². The zero-order chi connectivity index (χ0) is 17.3. The smallest absolute Gasteiger partial charge is 0.340 e. The molecule has 0 atom stereocenters. The minimum absolute atomic E-state index is 0.0184. The van der Waals surface area contributed by atoms with E-state index in [1.807, 2.05) is 0 Å². The molecule has 0 bridgehead atoms. The second-order valence-electron chi connectivity index (χ2n) is 5.38. The molecule has 1 amide bonds. The van der Waals surface area contributed by atoms with Crippen LogP contribution in [0.4, 0.5) is 10.1 Å². The number of rotatable bonds is 3. The fraction of sp³-hybridized carbons (Fsp3) is 0.111. The number of anilines is 1. The molecule has 24 heavy (non-hydrogen) atoms. The predicted octanol–water partition coefficient (Wildman–Crippen LogP) is 3.13. The molecule has 0 aliphatic rings. The first-order valence-corrected chi connectivity index (χ1v) is 7.25. The summed E-state index contributed by atoms with van der Waals surface area (Å²) in [7, 11) is 0. The summed E-state index contributed by atoms with van der Waals surface area (Å²) >= 11 is 0.